The van der Waals surface area contributed by atoms with Crippen LogP contribution in [0.4, 0.5) is 13.2 Å². The number of halogens is 3. The Morgan fingerprint density at radius 1 is 1.24 bits per heavy atom. The smallest absolute Gasteiger partial charge is 0.352 e. The highest BCUT2D eigenvalue weighted by atomic mass is 19.4. The van der Waals surface area contributed by atoms with Gasteiger partial charge < -0.3 is 9.88 Å². The summed E-state index contributed by atoms with van der Waals surface area (Å²) >= 11 is 0. The second kappa shape index (κ2) is 6.58. The van der Waals surface area contributed by atoms with Crippen molar-refractivity contribution < 1.29 is 18.0 Å². The number of aromatic nitrogens is 2. The maximum absolute atomic E-state index is 12.7. The summed E-state index contributed by atoms with van der Waals surface area (Å²) in [4.78, 5) is 16.4. The summed E-state index contributed by atoms with van der Waals surface area (Å²) in [6.45, 7) is 0.0474. The van der Waals surface area contributed by atoms with E-state index in [1.54, 1.807) is 18.3 Å². The van der Waals surface area contributed by atoms with Crippen LogP contribution in [-0.2, 0) is 31.0 Å². The van der Waals surface area contributed by atoms with Gasteiger partial charge >= 0.3 is 6.18 Å². The summed E-state index contributed by atoms with van der Waals surface area (Å²) in [6, 6.07) is 8.62. The number of hydrogen-bond acceptors (Lipinski definition) is 2. The molecule has 0 aliphatic heterocycles. The molecule has 0 aliphatic carbocycles. The molecule has 2 heterocycles. The summed E-state index contributed by atoms with van der Waals surface area (Å²) in [5.74, 6) is -0.256. The first kappa shape index (κ1) is 17.0. The molecular formula is C18H16F3N3O. The fourth-order valence-corrected chi connectivity index (χ4v) is 2.73. The lowest BCUT2D eigenvalue weighted by molar-refractivity contribution is -0.137. The van der Waals surface area contributed by atoms with Crippen LogP contribution in [0.1, 0.15) is 16.7 Å². The largest absolute Gasteiger partial charge is 0.416 e. The van der Waals surface area contributed by atoms with Crippen LogP contribution in [0, 0.1) is 0 Å². The number of amides is 1. The molecule has 1 amide bonds. The number of rotatable bonds is 4. The molecule has 0 spiro atoms. The molecule has 2 aromatic heterocycles. The highest BCUT2D eigenvalue weighted by molar-refractivity contribution is 5.87. The molecule has 0 fully saturated rings. The van der Waals surface area contributed by atoms with E-state index in [1.165, 1.54) is 6.07 Å². The third-order valence-corrected chi connectivity index (χ3v) is 3.91. The molecule has 25 heavy (non-hydrogen) atoms. The Labute approximate surface area is 142 Å². The number of carbonyl (C=O) groups is 1. The SMILES string of the molecule is Cn1cc(CC(=O)NCc2cccc(C(F)(F)F)c2)c2cccnc21. The van der Waals surface area contributed by atoms with Crippen molar-refractivity contribution in [3.63, 3.8) is 0 Å². The van der Waals surface area contributed by atoms with E-state index in [-0.39, 0.29) is 18.9 Å². The highest BCUT2D eigenvalue weighted by Gasteiger charge is 2.30. The van der Waals surface area contributed by atoms with E-state index in [2.05, 4.69) is 10.3 Å². The number of hydrogen-bond donors (Lipinski definition) is 1. The molecular weight excluding hydrogens is 331 g/mol. The van der Waals surface area contributed by atoms with E-state index in [9.17, 15) is 18.0 Å². The Morgan fingerprint density at radius 3 is 2.80 bits per heavy atom. The Morgan fingerprint density at radius 2 is 2.04 bits per heavy atom. The lowest BCUT2D eigenvalue weighted by Gasteiger charge is -2.09. The number of pyridine rings is 1. The summed E-state index contributed by atoms with van der Waals surface area (Å²) < 4.78 is 40.0. The average Bonchev–Trinajstić information content (AvgIpc) is 2.89. The first-order valence-electron chi connectivity index (χ1n) is 7.66. The molecule has 130 valence electrons. The predicted octanol–water partition coefficient (Wildman–Crippen LogP) is 3.45. The molecule has 0 aliphatic rings. The van der Waals surface area contributed by atoms with Crippen molar-refractivity contribution in [1.82, 2.24) is 14.9 Å². The van der Waals surface area contributed by atoms with Gasteiger partial charge in [0.1, 0.15) is 5.65 Å². The molecule has 4 nitrogen and oxygen atoms in total. The average molecular weight is 347 g/mol. The van der Waals surface area contributed by atoms with Crippen molar-refractivity contribution in [2.45, 2.75) is 19.1 Å². The van der Waals surface area contributed by atoms with Gasteiger partial charge in [-0.25, -0.2) is 4.98 Å². The zero-order valence-corrected chi connectivity index (χ0v) is 13.5. The van der Waals surface area contributed by atoms with Gasteiger partial charge in [-0.2, -0.15) is 13.2 Å². The molecule has 1 aromatic carbocycles. The number of nitrogens with zero attached hydrogens (tertiary/aromatic N) is 2. The van der Waals surface area contributed by atoms with Crippen LogP contribution in [0.5, 0.6) is 0 Å². The Bertz CT molecular complexity index is 915. The molecule has 7 heteroatoms. The van der Waals surface area contributed by atoms with Gasteiger partial charge in [0.15, 0.2) is 0 Å². The van der Waals surface area contributed by atoms with Crippen LogP contribution in [0.15, 0.2) is 48.8 Å². The first-order valence-corrected chi connectivity index (χ1v) is 7.66. The van der Waals surface area contributed by atoms with Crippen LogP contribution in [-0.4, -0.2) is 15.5 Å². The van der Waals surface area contributed by atoms with Gasteiger partial charge in [-0.1, -0.05) is 12.1 Å². The predicted molar refractivity (Wildman–Crippen MR) is 87.7 cm³/mol. The normalized spacial score (nSPS) is 11.7. The first-order chi connectivity index (χ1) is 11.8. The van der Waals surface area contributed by atoms with Crippen LogP contribution in [0.3, 0.4) is 0 Å². The van der Waals surface area contributed by atoms with Gasteiger partial charge in [0.25, 0.3) is 0 Å². The Balaban J connectivity index is 1.67. The van der Waals surface area contributed by atoms with Crippen molar-refractivity contribution in [2.24, 2.45) is 7.05 Å². The van der Waals surface area contributed by atoms with Crippen LogP contribution in [0.25, 0.3) is 11.0 Å². The van der Waals surface area contributed by atoms with E-state index in [0.717, 1.165) is 28.7 Å². The van der Waals surface area contributed by atoms with Crippen molar-refractivity contribution >= 4 is 16.9 Å². The van der Waals surface area contributed by atoms with Crippen LogP contribution >= 0.6 is 0 Å². The van der Waals surface area contributed by atoms with Crippen molar-refractivity contribution in [1.29, 1.82) is 0 Å². The van der Waals surface area contributed by atoms with Crippen molar-refractivity contribution in [3.05, 3.63) is 65.5 Å². The van der Waals surface area contributed by atoms with Gasteiger partial charge in [0, 0.05) is 31.4 Å². The molecule has 0 radical (unpaired) electrons. The molecule has 0 saturated heterocycles. The molecule has 1 N–H and O–H groups in total. The van der Waals surface area contributed by atoms with E-state index >= 15 is 0 Å². The lowest BCUT2D eigenvalue weighted by Crippen LogP contribution is -2.24. The standard InChI is InChI=1S/C18H16F3N3O/c1-24-11-13(15-6-3-7-22-17(15)24)9-16(25)23-10-12-4-2-5-14(8-12)18(19,20)21/h2-8,11H,9-10H2,1H3,(H,23,25). The van der Waals surface area contributed by atoms with E-state index in [1.807, 2.05) is 23.9 Å². The van der Waals surface area contributed by atoms with E-state index in [4.69, 9.17) is 0 Å². The summed E-state index contributed by atoms with van der Waals surface area (Å²) in [5, 5.41) is 3.55. The zero-order chi connectivity index (χ0) is 18.0. The number of carbonyl (C=O) groups excluding carboxylic acids is 1. The fourth-order valence-electron chi connectivity index (χ4n) is 2.73. The Hall–Kier alpha value is -2.83. The minimum atomic E-state index is -4.39. The van der Waals surface area contributed by atoms with E-state index < -0.39 is 11.7 Å². The third kappa shape index (κ3) is 3.81. The summed E-state index contributed by atoms with van der Waals surface area (Å²) in [6.07, 6.45) is -0.737. The highest BCUT2D eigenvalue weighted by Crippen LogP contribution is 2.29. The quantitative estimate of drug-likeness (QED) is 0.786. The van der Waals surface area contributed by atoms with Gasteiger partial charge in [-0.15, -0.1) is 0 Å². The fraction of sp³-hybridized carbons (Fsp3) is 0.222. The van der Waals surface area contributed by atoms with Gasteiger partial charge in [-0.3, -0.25) is 4.79 Å². The maximum Gasteiger partial charge on any atom is 0.416 e. The van der Waals surface area contributed by atoms with Crippen molar-refractivity contribution in [3.8, 4) is 0 Å². The number of aryl methyl sites for hydroxylation is 1. The minimum absolute atomic E-state index is 0.0474. The number of fused-ring (bicyclic) bond motifs is 1. The van der Waals surface area contributed by atoms with Crippen molar-refractivity contribution in [2.75, 3.05) is 0 Å². The van der Waals surface area contributed by atoms with Gasteiger partial charge in [0.2, 0.25) is 5.91 Å². The second-order valence-electron chi connectivity index (χ2n) is 5.79. The summed E-state index contributed by atoms with van der Waals surface area (Å²) in [7, 11) is 1.85. The second-order valence-corrected chi connectivity index (χ2v) is 5.79. The zero-order valence-electron chi connectivity index (χ0n) is 13.5. The summed E-state index contributed by atoms with van der Waals surface area (Å²) in [5.41, 5.74) is 1.29. The molecule has 0 unspecified atom stereocenters. The molecule has 0 bridgehead atoms. The molecule has 0 saturated carbocycles. The maximum atomic E-state index is 12.7. The van der Waals surface area contributed by atoms with E-state index in [0.29, 0.717) is 5.56 Å². The third-order valence-electron chi connectivity index (χ3n) is 3.91. The van der Waals surface area contributed by atoms with Crippen LogP contribution < -0.4 is 5.32 Å². The molecule has 3 aromatic rings. The topological polar surface area (TPSA) is 46.9 Å². The monoisotopic (exact) mass is 347 g/mol. The molecule has 3 rings (SSSR count). The number of benzene rings is 1. The Kier molecular flexibility index (Phi) is 4.48. The molecule has 0 atom stereocenters. The number of alkyl halides is 3. The van der Waals surface area contributed by atoms with Gasteiger partial charge in [0.05, 0.1) is 12.0 Å². The van der Waals surface area contributed by atoms with Crippen LogP contribution in [0.2, 0.25) is 0 Å². The number of nitrogens with one attached hydrogen (secondary N) is 1. The lowest BCUT2D eigenvalue weighted by atomic mass is 10.1. The van der Waals surface area contributed by atoms with Gasteiger partial charge in [-0.05, 0) is 35.4 Å². The minimum Gasteiger partial charge on any atom is -0.352 e.